The summed E-state index contributed by atoms with van der Waals surface area (Å²) in [6.45, 7) is 2.06. The van der Waals surface area contributed by atoms with Crippen LogP contribution in [0, 0.1) is 11.7 Å². The minimum absolute atomic E-state index is 0.147. The van der Waals surface area contributed by atoms with Crippen molar-refractivity contribution >= 4 is 23.8 Å². The van der Waals surface area contributed by atoms with Crippen LogP contribution in [0.2, 0.25) is 0 Å². The molecule has 7 heteroatoms. The van der Waals surface area contributed by atoms with Gasteiger partial charge in [0.25, 0.3) is 0 Å². The van der Waals surface area contributed by atoms with Gasteiger partial charge in [0.15, 0.2) is 0 Å². The third-order valence-corrected chi connectivity index (χ3v) is 4.75. The molecular formula is C19H21FN2O3S. The number of urea groups is 1. The Balaban J connectivity index is 1.84. The Morgan fingerprint density at radius 1 is 1.12 bits per heavy atom. The minimum atomic E-state index is -0.932. The molecule has 26 heavy (non-hydrogen) atoms. The van der Waals surface area contributed by atoms with E-state index in [0.29, 0.717) is 6.54 Å². The van der Waals surface area contributed by atoms with E-state index in [1.807, 2.05) is 24.3 Å². The van der Waals surface area contributed by atoms with Crippen molar-refractivity contribution in [2.24, 2.45) is 5.92 Å². The van der Waals surface area contributed by atoms with Crippen molar-refractivity contribution in [3.8, 4) is 0 Å². The third kappa shape index (κ3) is 6.07. The highest BCUT2D eigenvalue weighted by Gasteiger charge is 2.16. The van der Waals surface area contributed by atoms with Gasteiger partial charge >= 0.3 is 12.0 Å². The summed E-state index contributed by atoms with van der Waals surface area (Å²) in [7, 11) is 1.57. The Bertz CT molecular complexity index is 750. The fraction of sp³-hybridized carbons (Fsp3) is 0.263. The van der Waals surface area contributed by atoms with Crippen LogP contribution >= 0.6 is 11.8 Å². The molecule has 2 N–H and O–H groups in total. The van der Waals surface area contributed by atoms with Gasteiger partial charge in [-0.1, -0.05) is 30.8 Å². The third-order valence-electron chi connectivity index (χ3n) is 3.73. The SMILES string of the molecule is CC(CN(C)C(=O)NCc1ccc(Sc2ccc(F)cc2)cc1)C(=O)O. The van der Waals surface area contributed by atoms with Crippen LogP contribution < -0.4 is 5.32 Å². The Morgan fingerprint density at radius 3 is 2.19 bits per heavy atom. The van der Waals surface area contributed by atoms with E-state index in [1.54, 1.807) is 26.1 Å². The average molecular weight is 376 g/mol. The molecule has 2 amide bonds. The first-order valence-electron chi connectivity index (χ1n) is 8.09. The van der Waals surface area contributed by atoms with Gasteiger partial charge in [-0.2, -0.15) is 0 Å². The normalized spacial score (nSPS) is 11.7. The number of carboxylic acids is 1. The number of rotatable bonds is 7. The zero-order valence-electron chi connectivity index (χ0n) is 14.6. The molecule has 2 rings (SSSR count). The molecule has 0 aliphatic rings. The van der Waals surface area contributed by atoms with Crippen LogP contribution in [0.5, 0.6) is 0 Å². The predicted molar refractivity (Wildman–Crippen MR) is 98.6 cm³/mol. The Morgan fingerprint density at radius 2 is 1.65 bits per heavy atom. The number of hydrogen-bond acceptors (Lipinski definition) is 3. The van der Waals surface area contributed by atoms with Gasteiger partial charge in [0, 0.05) is 29.9 Å². The van der Waals surface area contributed by atoms with Crippen LogP contribution in [-0.2, 0) is 11.3 Å². The first kappa shape index (κ1) is 19.8. The van der Waals surface area contributed by atoms with E-state index in [9.17, 15) is 14.0 Å². The van der Waals surface area contributed by atoms with Crippen LogP contribution in [-0.4, -0.2) is 35.6 Å². The van der Waals surface area contributed by atoms with E-state index in [1.165, 1.54) is 28.8 Å². The van der Waals surface area contributed by atoms with Gasteiger partial charge in [-0.25, -0.2) is 9.18 Å². The van der Waals surface area contributed by atoms with Gasteiger partial charge in [0.05, 0.1) is 5.92 Å². The highest BCUT2D eigenvalue weighted by Crippen LogP contribution is 2.27. The van der Waals surface area contributed by atoms with Crippen molar-refractivity contribution in [3.05, 3.63) is 59.9 Å². The summed E-state index contributed by atoms with van der Waals surface area (Å²) in [4.78, 5) is 26.2. The molecule has 0 saturated heterocycles. The summed E-state index contributed by atoms with van der Waals surface area (Å²) >= 11 is 1.53. The molecule has 2 aromatic rings. The lowest BCUT2D eigenvalue weighted by Crippen LogP contribution is -2.40. The molecule has 138 valence electrons. The van der Waals surface area contributed by atoms with Crippen molar-refractivity contribution in [1.82, 2.24) is 10.2 Å². The van der Waals surface area contributed by atoms with Crippen molar-refractivity contribution in [3.63, 3.8) is 0 Å². The van der Waals surface area contributed by atoms with Crippen LogP contribution in [0.15, 0.2) is 58.3 Å². The highest BCUT2D eigenvalue weighted by atomic mass is 32.2. The van der Waals surface area contributed by atoms with Crippen LogP contribution in [0.1, 0.15) is 12.5 Å². The second-order valence-electron chi connectivity index (χ2n) is 5.98. The second kappa shape index (κ2) is 9.24. The van der Waals surface area contributed by atoms with Crippen LogP contribution in [0.3, 0.4) is 0 Å². The van der Waals surface area contributed by atoms with Crippen molar-refractivity contribution in [2.75, 3.05) is 13.6 Å². The highest BCUT2D eigenvalue weighted by molar-refractivity contribution is 7.99. The van der Waals surface area contributed by atoms with Crippen molar-refractivity contribution in [2.45, 2.75) is 23.3 Å². The monoisotopic (exact) mass is 376 g/mol. The molecule has 0 saturated carbocycles. The number of carbonyl (C=O) groups excluding carboxylic acids is 1. The molecule has 0 fully saturated rings. The molecule has 1 unspecified atom stereocenters. The lowest BCUT2D eigenvalue weighted by Gasteiger charge is -2.20. The first-order valence-corrected chi connectivity index (χ1v) is 8.91. The fourth-order valence-electron chi connectivity index (χ4n) is 2.20. The average Bonchev–Trinajstić information content (AvgIpc) is 2.62. The maximum Gasteiger partial charge on any atom is 0.317 e. The smallest absolute Gasteiger partial charge is 0.317 e. The number of hydrogen-bond donors (Lipinski definition) is 2. The van der Waals surface area contributed by atoms with E-state index >= 15 is 0 Å². The molecule has 0 aromatic heterocycles. The zero-order valence-corrected chi connectivity index (χ0v) is 15.4. The summed E-state index contributed by atoms with van der Waals surface area (Å²) in [6.07, 6.45) is 0. The standard InChI is InChI=1S/C19H21FN2O3S/c1-13(18(23)24)12-22(2)19(25)21-11-14-3-7-16(8-4-14)26-17-9-5-15(20)6-10-17/h3-10,13H,11-12H2,1-2H3,(H,21,25)(H,23,24). The number of halogens is 1. The van der Waals surface area contributed by atoms with Gasteiger partial charge < -0.3 is 15.3 Å². The van der Waals surface area contributed by atoms with Crippen LogP contribution in [0.25, 0.3) is 0 Å². The van der Waals surface area contributed by atoms with E-state index < -0.39 is 11.9 Å². The predicted octanol–water partition coefficient (Wildman–Crippen LogP) is 3.84. The minimum Gasteiger partial charge on any atom is -0.481 e. The van der Waals surface area contributed by atoms with E-state index in [2.05, 4.69) is 5.32 Å². The Labute approximate surface area is 156 Å². The molecule has 0 bridgehead atoms. The van der Waals surface area contributed by atoms with Gasteiger partial charge in [-0.3, -0.25) is 4.79 Å². The number of nitrogens with zero attached hydrogens (tertiary/aromatic N) is 1. The van der Waals surface area contributed by atoms with Gasteiger partial charge in [0.1, 0.15) is 5.82 Å². The maximum absolute atomic E-state index is 12.9. The maximum atomic E-state index is 12.9. The van der Waals surface area contributed by atoms with Gasteiger partial charge in [-0.05, 0) is 42.0 Å². The molecule has 0 spiro atoms. The summed E-state index contributed by atoms with van der Waals surface area (Å²) < 4.78 is 12.9. The second-order valence-corrected chi connectivity index (χ2v) is 7.13. The summed E-state index contributed by atoms with van der Waals surface area (Å²) in [5.41, 5.74) is 0.932. The number of carbonyl (C=O) groups is 2. The number of nitrogens with one attached hydrogen (secondary N) is 1. The molecule has 0 radical (unpaired) electrons. The number of benzene rings is 2. The van der Waals surface area contributed by atoms with Gasteiger partial charge in [-0.15, -0.1) is 0 Å². The first-order chi connectivity index (χ1) is 12.3. The quantitative estimate of drug-likeness (QED) is 0.770. The topological polar surface area (TPSA) is 69.6 Å². The number of amides is 2. The number of aliphatic carboxylic acids is 1. The lowest BCUT2D eigenvalue weighted by molar-refractivity contribution is -0.141. The van der Waals surface area contributed by atoms with Gasteiger partial charge in [0.2, 0.25) is 0 Å². The summed E-state index contributed by atoms with van der Waals surface area (Å²) in [5, 5.41) is 11.7. The molecule has 0 aliphatic heterocycles. The molecule has 1 atom stereocenters. The van der Waals surface area contributed by atoms with Crippen LogP contribution in [0.4, 0.5) is 9.18 Å². The van der Waals surface area contributed by atoms with E-state index in [4.69, 9.17) is 5.11 Å². The zero-order chi connectivity index (χ0) is 19.1. The fourth-order valence-corrected chi connectivity index (χ4v) is 3.01. The summed E-state index contributed by atoms with van der Waals surface area (Å²) in [5.74, 6) is -1.81. The Hall–Kier alpha value is -2.54. The van der Waals surface area contributed by atoms with Crippen molar-refractivity contribution in [1.29, 1.82) is 0 Å². The molecule has 5 nitrogen and oxygen atoms in total. The summed E-state index contributed by atoms with van der Waals surface area (Å²) in [6, 6.07) is 13.7. The van der Waals surface area contributed by atoms with E-state index in [-0.39, 0.29) is 18.4 Å². The Kier molecular flexibility index (Phi) is 7.03. The lowest BCUT2D eigenvalue weighted by atomic mass is 10.2. The molecule has 0 heterocycles. The molecule has 0 aliphatic carbocycles. The molecule has 2 aromatic carbocycles. The largest absolute Gasteiger partial charge is 0.481 e. The van der Waals surface area contributed by atoms with E-state index in [0.717, 1.165) is 15.4 Å². The van der Waals surface area contributed by atoms with Crippen molar-refractivity contribution < 1.29 is 19.1 Å². The molecular weight excluding hydrogens is 355 g/mol. The number of carboxylic acid groups (broad SMARTS) is 1.